The van der Waals surface area contributed by atoms with Crippen LogP contribution < -0.4 is 0 Å². The van der Waals surface area contributed by atoms with Gasteiger partial charge in [-0.2, -0.15) is 0 Å². The maximum atomic E-state index is 6.14. The Morgan fingerprint density at radius 2 is 1.61 bits per heavy atom. The molecule has 0 aromatic rings. The van der Waals surface area contributed by atoms with Crippen LogP contribution >= 0.6 is 0 Å². The molecule has 0 aromatic heterocycles. The average Bonchev–Trinajstić information content (AvgIpc) is 3.14. The van der Waals surface area contributed by atoms with Gasteiger partial charge in [-0.1, -0.05) is 74.6 Å². The normalized spacial score (nSPS) is 43.7. The van der Waals surface area contributed by atoms with E-state index in [4.69, 9.17) is 4.74 Å². The molecule has 1 fully saturated rings. The first-order chi connectivity index (χ1) is 11.1. The fourth-order valence-electron chi connectivity index (χ4n) is 5.47. The van der Waals surface area contributed by atoms with E-state index in [9.17, 15) is 0 Å². The molecule has 2 bridgehead atoms. The Morgan fingerprint density at radius 1 is 0.826 bits per heavy atom. The van der Waals surface area contributed by atoms with E-state index < -0.39 is 0 Å². The summed E-state index contributed by atoms with van der Waals surface area (Å²) >= 11 is 0. The van der Waals surface area contributed by atoms with Gasteiger partial charge in [0, 0.05) is 10.8 Å². The molecule has 2 unspecified atom stereocenters. The van der Waals surface area contributed by atoms with Crippen LogP contribution in [0.1, 0.15) is 13.8 Å². The van der Waals surface area contributed by atoms with Crippen molar-refractivity contribution in [1.29, 1.82) is 0 Å². The van der Waals surface area contributed by atoms with Crippen LogP contribution in [0.4, 0.5) is 0 Å². The monoisotopic (exact) mass is 298 g/mol. The van der Waals surface area contributed by atoms with E-state index >= 15 is 0 Å². The highest BCUT2D eigenvalue weighted by molar-refractivity contribution is 5.72. The quantitative estimate of drug-likeness (QED) is 0.598. The lowest BCUT2D eigenvalue weighted by Crippen LogP contribution is -2.48. The van der Waals surface area contributed by atoms with Crippen molar-refractivity contribution in [2.75, 3.05) is 0 Å². The van der Waals surface area contributed by atoms with Gasteiger partial charge in [-0.3, -0.25) is 0 Å². The molecule has 1 nitrogen and oxygen atoms in total. The number of hydrogen-bond donors (Lipinski definition) is 0. The van der Waals surface area contributed by atoms with Crippen LogP contribution in [0.3, 0.4) is 0 Å². The van der Waals surface area contributed by atoms with Gasteiger partial charge in [-0.05, 0) is 33.4 Å². The van der Waals surface area contributed by atoms with Crippen LogP contribution in [0, 0.1) is 10.8 Å². The van der Waals surface area contributed by atoms with Gasteiger partial charge in [-0.15, -0.1) is 0 Å². The molecule has 4 aliphatic carbocycles. The second-order valence-electron chi connectivity index (χ2n) is 7.60. The van der Waals surface area contributed by atoms with Crippen LogP contribution in [0.15, 0.2) is 94.2 Å². The summed E-state index contributed by atoms with van der Waals surface area (Å²) in [6.07, 6.45) is 23.2. The highest BCUT2D eigenvalue weighted by Crippen LogP contribution is 2.67. The molecule has 112 valence electrons. The van der Waals surface area contributed by atoms with Crippen molar-refractivity contribution < 1.29 is 4.74 Å². The second kappa shape index (κ2) is 3.52. The van der Waals surface area contributed by atoms with Crippen LogP contribution in [0.5, 0.6) is 0 Å². The average molecular weight is 298 g/mol. The third-order valence-corrected chi connectivity index (χ3v) is 6.95. The molecule has 6 rings (SSSR count). The lowest BCUT2D eigenvalue weighted by molar-refractivity contribution is 0.138. The summed E-state index contributed by atoms with van der Waals surface area (Å²) in [5.41, 5.74) is 8.51. The molecular weight excluding hydrogens is 280 g/mol. The maximum Gasteiger partial charge on any atom is 0.103 e. The van der Waals surface area contributed by atoms with Crippen molar-refractivity contribution in [3.05, 3.63) is 94.2 Å². The van der Waals surface area contributed by atoms with Crippen molar-refractivity contribution in [2.45, 2.75) is 26.1 Å². The number of fused-ring (bicyclic) bond motifs is 5. The second-order valence-corrected chi connectivity index (χ2v) is 7.60. The molecule has 6 aliphatic rings. The van der Waals surface area contributed by atoms with Crippen LogP contribution in [0.2, 0.25) is 0 Å². The lowest BCUT2D eigenvalue weighted by atomic mass is 9.45. The molecule has 0 spiro atoms. The number of ether oxygens (including phenoxy) is 1. The zero-order valence-corrected chi connectivity index (χ0v) is 13.3. The van der Waals surface area contributed by atoms with E-state index in [2.05, 4.69) is 74.6 Å². The molecule has 2 aliphatic heterocycles. The lowest BCUT2D eigenvalue weighted by Gasteiger charge is -2.56. The summed E-state index contributed by atoms with van der Waals surface area (Å²) in [6, 6.07) is 0. The predicted octanol–water partition coefficient (Wildman–Crippen LogP) is 4.51. The summed E-state index contributed by atoms with van der Waals surface area (Å²) in [4.78, 5) is 0. The van der Waals surface area contributed by atoms with Gasteiger partial charge in [0.1, 0.15) is 12.2 Å². The van der Waals surface area contributed by atoms with E-state index in [1.807, 2.05) is 0 Å². The first-order valence-corrected chi connectivity index (χ1v) is 8.44. The molecule has 23 heavy (non-hydrogen) atoms. The minimum absolute atomic E-state index is 0.0104. The summed E-state index contributed by atoms with van der Waals surface area (Å²) in [5, 5.41) is 0. The molecular formula is C22H18O. The summed E-state index contributed by atoms with van der Waals surface area (Å²) < 4.78 is 6.14. The standard InChI is InChI=1S/C22H18O/c1-21-13-4-3-5-14(21)8-9-17-20-16(18-10-11-19(20)23-18)12-15(7-6-13)22(17,21)2/h3-12,18-19H,1-2H3/t18?,19?,21-,22-/m1/s1. The van der Waals surface area contributed by atoms with E-state index in [-0.39, 0.29) is 23.0 Å². The predicted molar refractivity (Wildman–Crippen MR) is 91.7 cm³/mol. The third kappa shape index (κ3) is 1.10. The summed E-state index contributed by atoms with van der Waals surface area (Å²) in [5.74, 6) is 0. The van der Waals surface area contributed by atoms with E-state index in [0.29, 0.717) is 0 Å². The topological polar surface area (TPSA) is 9.23 Å². The Morgan fingerprint density at radius 3 is 2.52 bits per heavy atom. The Balaban J connectivity index is 1.76. The Bertz CT molecular complexity index is 927. The van der Waals surface area contributed by atoms with E-state index in [1.165, 1.54) is 33.4 Å². The maximum absolute atomic E-state index is 6.14. The third-order valence-electron chi connectivity index (χ3n) is 6.95. The van der Waals surface area contributed by atoms with Crippen molar-refractivity contribution in [2.24, 2.45) is 10.8 Å². The molecule has 1 heteroatoms. The zero-order valence-electron chi connectivity index (χ0n) is 13.3. The van der Waals surface area contributed by atoms with Crippen LogP contribution in [0.25, 0.3) is 0 Å². The van der Waals surface area contributed by atoms with E-state index in [1.54, 1.807) is 0 Å². The molecule has 2 heterocycles. The molecule has 0 saturated carbocycles. The summed E-state index contributed by atoms with van der Waals surface area (Å²) in [7, 11) is 0. The highest BCUT2D eigenvalue weighted by Gasteiger charge is 2.58. The fourth-order valence-corrected chi connectivity index (χ4v) is 5.47. The van der Waals surface area contributed by atoms with Crippen molar-refractivity contribution in [3.63, 3.8) is 0 Å². The highest BCUT2D eigenvalue weighted by atomic mass is 16.5. The Kier molecular flexibility index (Phi) is 1.88. The molecule has 0 radical (unpaired) electrons. The SMILES string of the molecule is C[C@]12C3=CC=CC1=CC=C1C=C4C(=C(C=C3)[C@@]12C)C1C=CC4O1. The number of rotatable bonds is 0. The Hall–Kier alpha value is -2.12. The van der Waals surface area contributed by atoms with Crippen LogP contribution in [-0.4, -0.2) is 12.2 Å². The van der Waals surface area contributed by atoms with Gasteiger partial charge in [0.15, 0.2) is 0 Å². The van der Waals surface area contributed by atoms with Gasteiger partial charge in [0.25, 0.3) is 0 Å². The molecule has 4 atom stereocenters. The van der Waals surface area contributed by atoms with Crippen molar-refractivity contribution >= 4 is 0 Å². The number of hydrogen-bond acceptors (Lipinski definition) is 1. The first-order valence-electron chi connectivity index (χ1n) is 8.44. The Labute approximate surface area is 136 Å². The summed E-state index contributed by atoms with van der Waals surface area (Å²) in [6.45, 7) is 4.83. The van der Waals surface area contributed by atoms with Crippen molar-refractivity contribution in [1.82, 2.24) is 0 Å². The van der Waals surface area contributed by atoms with Gasteiger partial charge in [0.2, 0.25) is 0 Å². The van der Waals surface area contributed by atoms with Gasteiger partial charge >= 0.3 is 0 Å². The molecule has 0 N–H and O–H groups in total. The first kappa shape index (κ1) is 12.3. The zero-order chi connectivity index (χ0) is 15.4. The van der Waals surface area contributed by atoms with Gasteiger partial charge in [-0.25, -0.2) is 0 Å². The molecule has 0 aromatic carbocycles. The largest absolute Gasteiger partial charge is 0.357 e. The van der Waals surface area contributed by atoms with Gasteiger partial charge < -0.3 is 4.74 Å². The van der Waals surface area contributed by atoms with Crippen LogP contribution in [-0.2, 0) is 4.74 Å². The minimum atomic E-state index is -0.0110. The fraction of sp³-hybridized carbons (Fsp3) is 0.273. The van der Waals surface area contributed by atoms with Gasteiger partial charge in [0.05, 0.1) is 0 Å². The minimum Gasteiger partial charge on any atom is -0.357 e. The smallest absolute Gasteiger partial charge is 0.103 e. The molecule has 1 saturated heterocycles. The number of allylic oxidation sites excluding steroid dienone is 12. The van der Waals surface area contributed by atoms with E-state index in [0.717, 1.165) is 0 Å². The molecule has 0 amide bonds. The van der Waals surface area contributed by atoms with Crippen molar-refractivity contribution in [3.8, 4) is 0 Å².